The molecule has 0 saturated carbocycles. The molecule has 4 heteroatoms. The number of imidazole rings is 1. The summed E-state index contributed by atoms with van der Waals surface area (Å²) in [5, 5.41) is 0. The van der Waals surface area contributed by atoms with Gasteiger partial charge in [0, 0.05) is 12.4 Å². The van der Waals surface area contributed by atoms with Gasteiger partial charge in [-0.3, -0.25) is 0 Å². The summed E-state index contributed by atoms with van der Waals surface area (Å²) in [5.74, 6) is -0.377. The van der Waals surface area contributed by atoms with Crippen molar-refractivity contribution in [3.8, 4) is 0 Å². The predicted octanol–water partition coefficient (Wildman–Crippen LogP) is 2.21. The lowest BCUT2D eigenvalue weighted by molar-refractivity contribution is 0.0371. The number of carbonyl (C=O) groups excluding carboxylic acids is 1. The van der Waals surface area contributed by atoms with Crippen LogP contribution in [0.2, 0.25) is 0 Å². The number of nitrogens with zero attached hydrogens (tertiary/aromatic N) is 2. The van der Waals surface area contributed by atoms with Gasteiger partial charge in [0.15, 0.2) is 5.69 Å². The third-order valence-electron chi connectivity index (χ3n) is 2.23. The monoisotopic (exact) mass is 218 g/mol. The average Bonchev–Trinajstić information content (AvgIpc) is 2.61. The predicted molar refractivity (Wildman–Crippen MR) is 60.5 cm³/mol. The first-order valence-electron chi connectivity index (χ1n) is 5.23. The Morgan fingerprint density at radius 2 is 2.25 bits per heavy atom. The molecule has 0 aliphatic carbocycles. The van der Waals surface area contributed by atoms with Gasteiger partial charge in [-0.1, -0.05) is 6.07 Å². The summed E-state index contributed by atoms with van der Waals surface area (Å²) < 4.78 is 6.92. The first-order chi connectivity index (χ1) is 7.58. The van der Waals surface area contributed by atoms with E-state index in [2.05, 4.69) is 4.98 Å². The van der Waals surface area contributed by atoms with Crippen LogP contribution in [0, 0.1) is 6.92 Å². The number of fused-ring (bicyclic) bond motifs is 1. The molecule has 0 radical (unpaired) electrons. The van der Waals surface area contributed by atoms with Gasteiger partial charge < -0.3 is 9.14 Å². The van der Waals surface area contributed by atoms with Crippen LogP contribution in [0.25, 0.3) is 5.65 Å². The summed E-state index contributed by atoms with van der Waals surface area (Å²) in [4.78, 5) is 15.9. The molecule has 0 amide bonds. The van der Waals surface area contributed by atoms with Crippen LogP contribution < -0.4 is 0 Å². The minimum Gasteiger partial charge on any atom is -0.458 e. The van der Waals surface area contributed by atoms with E-state index in [4.69, 9.17) is 4.74 Å². The number of pyridine rings is 1. The molecule has 0 N–H and O–H groups in total. The highest BCUT2D eigenvalue weighted by molar-refractivity contribution is 5.88. The number of aromatic nitrogens is 2. The Kier molecular flexibility index (Phi) is 2.64. The van der Waals surface area contributed by atoms with E-state index in [9.17, 15) is 4.79 Å². The highest BCUT2D eigenvalue weighted by atomic mass is 16.5. The molecule has 0 unspecified atom stereocenters. The quantitative estimate of drug-likeness (QED) is 0.726. The zero-order valence-corrected chi connectivity index (χ0v) is 9.60. The summed E-state index contributed by atoms with van der Waals surface area (Å²) in [7, 11) is 0. The molecular formula is C12H14N2O2. The molecule has 2 aromatic rings. The molecule has 4 nitrogen and oxygen atoms in total. The van der Waals surface area contributed by atoms with Crippen LogP contribution in [0.4, 0.5) is 0 Å². The van der Waals surface area contributed by atoms with Gasteiger partial charge in [-0.05, 0) is 32.4 Å². The molecule has 0 fully saturated rings. The topological polar surface area (TPSA) is 43.6 Å². The summed E-state index contributed by atoms with van der Waals surface area (Å²) in [5.41, 5.74) is 2.17. The van der Waals surface area contributed by atoms with E-state index < -0.39 is 0 Å². The van der Waals surface area contributed by atoms with Gasteiger partial charge in [0.05, 0.1) is 6.10 Å². The van der Waals surface area contributed by atoms with Crippen molar-refractivity contribution in [2.45, 2.75) is 26.9 Å². The molecule has 16 heavy (non-hydrogen) atoms. The number of ether oxygens (including phenoxy) is 1. The maximum atomic E-state index is 11.6. The van der Waals surface area contributed by atoms with E-state index in [1.165, 1.54) is 0 Å². The summed E-state index contributed by atoms with van der Waals surface area (Å²) in [6.07, 6.45) is 3.42. The Labute approximate surface area is 93.9 Å². The van der Waals surface area contributed by atoms with Crippen LogP contribution in [0.5, 0.6) is 0 Å². The van der Waals surface area contributed by atoms with Crippen molar-refractivity contribution in [3.63, 3.8) is 0 Å². The number of hydrogen-bond donors (Lipinski definition) is 0. The number of aryl methyl sites for hydroxylation is 1. The van der Waals surface area contributed by atoms with E-state index in [1.807, 2.05) is 43.5 Å². The van der Waals surface area contributed by atoms with Crippen molar-refractivity contribution in [1.29, 1.82) is 0 Å². The Hall–Kier alpha value is -1.84. The molecule has 0 aliphatic heterocycles. The third-order valence-corrected chi connectivity index (χ3v) is 2.23. The first kappa shape index (κ1) is 10.7. The molecule has 0 atom stereocenters. The number of carbonyl (C=O) groups is 1. The van der Waals surface area contributed by atoms with Crippen LogP contribution >= 0.6 is 0 Å². The number of rotatable bonds is 2. The Morgan fingerprint density at radius 1 is 1.50 bits per heavy atom. The van der Waals surface area contributed by atoms with Crippen LogP contribution in [-0.4, -0.2) is 21.5 Å². The zero-order chi connectivity index (χ0) is 11.7. The molecule has 0 bridgehead atoms. The van der Waals surface area contributed by atoms with Crippen LogP contribution in [-0.2, 0) is 4.74 Å². The van der Waals surface area contributed by atoms with Crippen LogP contribution in [0.15, 0.2) is 24.5 Å². The minimum atomic E-state index is -0.377. The summed E-state index contributed by atoms with van der Waals surface area (Å²) in [6, 6.07) is 3.88. The molecule has 0 aromatic carbocycles. The van der Waals surface area contributed by atoms with Crippen molar-refractivity contribution in [2.24, 2.45) is 0 Å². The summed E-state index contributed by atoms with van der Waals surface area (Å²) in [6.45, 7) is 5.60. The second-order valence-electron chi connectivity index (χ2n) is 4.00. The Balaban J connectivity index is 2.40. The summed E-state index contributed by atoms with van der Waals surface area (Å²) >= 11 is 0. The molecule has 2 rings (SSSR count). The number of hydrogen-bond acceptors (Lipinski definition) is 3. The Morgan fingerprint density at radius 3 is 2.88 bits per heavy atom. The first-order valence-corrected chi connectivity index (χ1v) is 5.23. The SMILES string of the molecule is Cc1cccn2cc(C(=O)OC(C)C)nc12. The van der Waals surface area contributed by atoms with Crippen LogP contribution in [0.3, 0.4) is 0 Å². The second kappa shape index (κ2) is 3.96. The van der Waals surface area contributed by atoms with Gasteiger partial charge in [0.2, 0.25) is 0 Å². The minimum absolute atomic E-state index is 0.126. The third kappa shape index (κ3) is 1.91. The number of esters is 1. The normalized spacial score (nSPS) is 11.0. The fourth-order valence-corrected chi connectivity index (χ4v) is 1.53. The fourth-order valence-electron chi connectivity index (χ4n) is 1.53. The van der Waals surface area contributed by atoms with Gasteiger partial charge in [-0.15, -0.1) is 0 Å². The molecule has 2 aromatic heterocycles. The lowest BCUT2D eigenvalue weighted by Crippen LogP contribution is -2.11. The van der Waals surface area contributed by atoms with Gasteiger partial charge >= 0.3 is 5.97 Å². The van der Waals surface area contributed by atoms with Crippen molar-refractivity contribution >= 4 is 11.6 Å². The van der Waals surface area contributed by atoms with Gasteiger partial charge in [-0.25, -0.2) is 9.78 Å². The molecule has 84 valence electrons. The standard InChI is InChI=1S/C12H14N2O2/c1-8(2)16-12(15)10-7-14-6-4-5-9(3)11(14)13-10/h4-8H,1-3H3. The second-order valence-corrected chi connectivity index (χ2v) is 4.00. The van der Waals surface area contributed by atoms with Crippen molar-refractivity contribution in [1.82, 2.24) is 9.38 Å². The van der Waals surface area contributed by atoms with E-state index >= 15 is 0 Å². The fraction of sp³-hybridized carbons (Fsp3) is 0.333. The maximum Gasteiger partial charge on any atom is 0.358 e. The smallest absolute Gasteiger partial charge is 0.358 e. The van der Waals surface area contributed by atoms with E-state index in [1.54, 1.807) is 6.20 Å². The molecule has 2 heterocycles. The maximum absolute atomic E-state index is 11.6. The van der Waals surface area contributed by atoms with Crippen molar-refractivity contribution in [2.75, 3.05) is 0 Å². The van der Waals surface area contributed by atoms with E-state index in [-0.39, 0.29) is 12.1 Å². The zero-order valence-electron chi connectivity index (χ0n) is 9.60. The molecule has 0 aliphatic rings. The van der Waals surface area contributed by atoms with Gasteiger partial charge in [-0.2, -0.15) is 0 Å². The highest BCUT2D eigenvalue weighted by Gasteiger charge is 2.14. The largest absolute Gasteiger partial charge is 0.458 e. The lowest BCUT2D eigenvalue weighted by atomic mass is 10.3. The van der Waals surface area contributed by atoms with Gasteiger partial charge in [0.25, 0.3) is 0 Å². The van der Waals surface area contributed by atoms with Crippen LogP contribution in [0.1, 0.15) is 29.9 Å². The molecule has 0 spiro atoms. The Bertz CT molecular complexity index is 529. The van der Waals surface area contributed by atoms with Crippen molar-refractivity contribution in [3.05, 3.63) is 35.8 Å². The molecule has 0 saturated heterocycles. The lowest BCUT2D eigenvalue weighted by Gasteiger charge is -2.04. The van der Waals surface area contributed by atoms with Crippen molar-refractivity contribution < 1.29 is 9.53 Å². The average molecular weight is 218 g/mol. The molecular weight excluding hydrogens is 204 g/mol. The highest BCUT2D eigenvalue weighted by Crippen LogP contribution is 2.11. The van der Waals surface area contributed by atoms with Gasteiger partial charge in [0.1, 0.15) is 5.65 Å². The van der Waals surface area contributed by atoms with E-state index in [0.29, 0.717) is 5.69 Å². The van der Waals surface area contributed by atoms with E-state index in [0.717, 1.165) is 11.2 Å².